The first-order valence-electron chi connectivity index (χ1n) is 6.30. The van der Waals surface area contributed by atoms with Crippen LogP contribution in [0.2, 0.25) is 0 Å². The first-order chi connectivity index (χ1) is 8.47. The summed E-state index contributed by atoms with van der Waals surface area (Å²) in [5.41, 5.74) is 1.06. The highest BCUT2D eigenvalue weighted by Crippen LogP contribution is 2.14. The SMILES string of the molecule is Cc1ccc(S(=O)(=O)NC2CCNC(C)C2)cc1. The van der Waals surface area contributed by atoms with Gasteiger partial charge in [-0.25, -0.2) is 13.1 Å². The molecule has 5 heteroatoms. The molecule has 0 amide bonds. The zero-order valence-corrected chi connectivity index (χ0v) is 11.6. The van der Waals surface area contributed by atoms with E-state index in [-0.39, 0.29) is 6.04 Å². The maximum atomic E-state index is 12.2. The van der Waals surface area contributed by atoms with Crippen molar-refractivity contribution in [2.45, 2.75) is 43.7 Å². The summed E-state index contributed by atoms with van der Waals surface area (Å²) in [5.74, 6) is 0. The van der Waals surface area contributed by atoms with Crippen LogP contribution in [0.4, 0.5) is 0 Å². The van der Waals surface area contributed by atoms with Gasteiger partial charge in [-0.3, -0.25) is 0 Å². The average Bonchev–Trinajstić information content (AvgIpc) is 2.29. The van der Waals surface area contributed by atoms with Crippen LogP contribution in [-0.4, -0.2) is 27.0 Å². The van der Waals surface area contributed by atoms with Gasteiger partial charge < -0.3 is 5.32 Å². The van der Waals surface area contributed by atoms with Crippen LogP contribution in [-0.2, 0) is 10.0 Å². The Bertz CT molecular complexity index is 496. The maximum Gasteiger partial charge on any atom is 0.240 e. The van der Waals surface area contributed by atoms with E-state index < -0.39 is 10.0 Å². The molecule has 2 unspecified atom stereocenters. The maximum absolute atomic E-state index is 12.2. The highest BCUT2D eigenvalue weighted by atomic mass is 32.2. The minimum absolute atomic E-state index is 0.0348. The number of nitrogens with one attached hydrogen (secondary N) is 2. The van der Waals surface area contributed by atoms with Crippen molar-refractivity contribution >= 4 is 10.0 Å². The van der Waals surface area contributed by atoms with Crippen molar-refractivity contribution in [3.63, 3.8) is 0 Å². The van der Waals surface area contributed by atoms with Crippen LogP contribution in [0.1, 0.15) is 25.3 Å². The lowest BCUT2D eigenvalue weighted by Gasteiger charge is -2.28. The summed E-state index contributed by atoms with van der Waals surface area (Å²) in [6, 6.07) is 7.35. The van der Waals surface area contributed by atoms with E-state index in [1.807, 2.05) is 19.1 Å². The zero-order chi connectivity index (χ0) is 13.2. The van der Waals surface area contributed by atoms with Gasteiger partial charge in [0.2, 0.25) is 10.0 Å². The number of hydrogen-bond acceptors (Lipinski definition) is 3. The summed E-state index contributed by atoms with van der Waals surface area (Å²) in [4.78, 5) is 0.347. The lowest BCUT2D eigenvalue weighted by Crippen LogP contribution is -2.46. The van der Waals surface area contributed by atoms with Crippen molar-refractivity contribution in [2.75, 3.05) is 6.54 Å². The number of benzene rings is 1. The molecule has 1 aromatic carbocycles. The van der Waals surface area contributed by atoms with Crippen molar-refractivity contribution in [3.05, 3.63) is 29.8 Å². The molecule has 1 aliphatic rings. The van der Waals surface area contributed by atoms with Crippen LogP contribution in [0.3, 0.4) is 0 Å². The van der Waals surface area contributed by atoms with E-state index in [2.05, 4.69) is 17.0 Å². The number of sulfonamides is 1. The smallest absolute Gasteiger partial charge is 0.240 e. The predicted octanol–water partition coefficient (Wildman–Crippen LogP) is 1.41. The second-order valence-corrected chi connectivity index (χ2v) is 6.72. The molecule has 0 bridgehead atoms. The van der Waals surface area contributed by atoms with E-state index in [1.165, 1.54) is 0 Å². The molecule has 18 heavy (non-hydrogen) atoms. The van der Waals surface area contributed by atoms with Gasteiger partial charge in [0.05, 0.1) is 4.90 Å². The van der Waals surface area contributed by atoms with Crippen LogP contribution in [0.15, 0.2) is 29.2 Å². The standard InChI is InChI=1S/C13H20N2O2S/c1-10-3-5-13(6-4-10)18(16,17)15-12-7-8-14-11(2)9-12/h3-6,11-12,14-15H,7-9H2,1-2H3. The van der Waals surface area contributed by atoms with Crippen LogP contribution < -0.4 is 10.0 Å². The molecule has 100 valence electrons. The molecule has 1 saturated heterocycles. The van der Waals surface area contributed by atoms with Gasteiger partial charge in [0.1, 0.15) is 0 Å². The van der Waals surface area contributed by atoms with Gasteiger partial charge in [0, 0.05) is 12.1 Å². The monoisotopic (exact) mass is 268 g/mol. The number of hydrogen-bond donors (Lipinski definition) is 2. The Morgan fingerprint density at radius 2 is 1.94 bits per heavy atom. The molecular formula is C13H20N2O2S. The highest BCUT2D eigenvalue weighted by molar-refractivity contribution is 7.89. The second-order valence-electron chi connectivity index (χ2n) is 5.01. The average molecular weight is 268 g/mol. The normalized spacial score (nSPS) is 25.0. The molecule has 1 aliphatic heterocycles. The van der Waals surface area contributed by atoms with Crippen LogP contribution in [0.25, 0.3) is 0 Å². The Kier molecular flexibility index (Phi) is 4.04. The van der Waals surface area contributed by atoms with Crippen molar-refractivity contribution in [3.8, 4) is 0 Å². The molecule has 1 heterocycles. The molecule has 2 rings (SSSR count). The quantitative estimate of drug-likeness (QED) is 0.871. The second kappa shape index (κ2) is 5.38. The summed E-state index contributed by atoms with van der Waals surface area (Å²) >= 11 is 0. The van der Waals surface area contributed by atoms with Gasteiger partial charge in [-0.2, -0.15) is 0 Å². The van der Waals surface area contributed by atoms with Gasteiger partial charge in [-0.05, 0) is 45.4 Å². The molecule has 2 atom stereocenters. The third-order valence-corrected chi connectivity index (χ3v) is 4.81. The largest absolute Gasteiger partial charge is 0.314 e. The summed E-state index contributed by atoms with van der Waals surface area (Å²) in [6.45, 7) is 4.88. The third-order valence-electron chi connectivity index (χ3n) is 3.28. The lowest BCUT2D eigenvalue weighted by atomic mass is 10.0. The van der Waals surface area contributed by atoms with Gasteiger partial charge in [0.15, 0.2) is 0 Å². The molecule has 0 saturated carbocycles. The number of piperidine rings is 1. The van der Waals surface area contributed by atoms with Gasteiger partial charge in [-0.15, -0.1) is 0 Å². The summed E-state index contributed by atoms with van der Waals surface area (Å²) in [7, 11) is -3.38. The fourth-order valence-corrected chi connectivity index (χ4v) is 3.53. The van der Waals surface area contributed by atoms with E-state index in [0.717, 1.165) is 24.9 Å². The molecule has 2 N–H and O–H groups in total. The van der Waals surface area contributed by atoms with E-state index in [1.54, 1.807) is 12.1 Å². The van der Waals surface area contributed by atoms with Gasteiger partial charge >= 0.3 is 0 Å². The van der Waals surface area contributed by atoms with Crippen molar-refractivity contribution < 1.29 is 8.42 Å². The van der Waals surface area contributed by atoms with Gasteiger partial charge in [0.25, 0.3) is 0 Å². The first kappa shape index (κ1) is 13.5. The summed E-state index contributed by atoms with van der Waals surface area (Å²) in [5, 5.41) is 3.31. The Hall–Kier alpha value is -0.910. The third kappa shape index (κ3) is 3.31. The van der Waals surface area contributed by atoms with Crippen molar-refractivity contribution in [1.29, 1.82) is 0 Å². The molecule has 1 fully saturated rings. The lowest BCUT2D eigenvalue weighted by molar-refractivity contribution is 0.361. The first-order valence-corrected chi connectivity index (χ1v) is 7.78. The summed E-state index contributed by atoms with van der Waals surface area (Å²) < 4.78 is 27.2. The molecule has 0 spiro atoms. The molecule has 0 aliphatic carbocycles. The molecule has 4 nitrogen and oxygen atoms in total. The zero-order valence-electron chi connectivity index (χ0n) is 10.8. The van der Waals surface area contributed by atoms with Gasteiger partial charge in [-0.1, -0.05) is 17.7 Å². The Labute approximate surface area is 109 Å². The van der Waals surface area contributed by atoms with Crippen LogP contribution in [0, 0.1) is 6.92 Å². The minimum atomic E-state index is -3.38. The molecular weight excluding hydrogens is 248 g/mol. The number of aryl methyl sites for hydroxylation is 1. The van der Waals surface area contributed by atoms with Crippen LogP contribution >= 0.6 is 0 Å². The van der Waals surface area contributed by atoms with E-state index >= 15 is 0 Å². The molecule has 0 radical (unpaired) electrons. The number of rotatable bonds is 3. The Morgan fingerprint density at radius 3 is 2.56 bits per heavy atom. The van der Waals surface area contributed by atoms with Crippen molar-refractivity contribution in [2.24, 2.45) is 0 Å². The fourth-order valence-electron chi connectivity index (χ4n) is 2.24. The highest BCUT2D eigenvalue weighted by Gasteiger charge is 2.24. The van der Waals surface area contributed by atoms with E-state index in [9.17, 15) is 8.42 Å². The summed E-state index contributed by atoms with van der Waals surface area (Å²) in [6.07, 6.45) is 1.68. The minimum Gasteiger partial charge on any atom is -0.314 e. The molecule has 1 aromatic rings. The predicted molar refractivity (Wildman–Crippen MR) is 72.0 cm³/mol. The van der Waals surface area contributed by atoms with Crippen molar-refractivity contribution in [1.82, 2.24) is 10.0 Å². The van der Waals surface area contributed by atoms with E-state index in [0.29, 0.717) is 10.9 Å². The molecule has 0 aromatic heterocycles. The van der Waals surface area contributed by atoms with Crippen LogP contribution in [0.5, 0.6) is 0 Å². The topological polar surface area (TPSA) is 58.2 Å². The van der Waals surface area contributed by atoms with E-state index in [4.69, 9.17) is 0 Å². The Morgan fingerprint density at radius 1 is 1.28 bits per heavy atom. The fraction of sp³-hybridized carbons (Fsp3) is 0.538. The Balaban J connectivity index is 2.09.